The van der Waals surface area contributed by atoms with Gasteiger partial charge in [-0.2, -0.15) is 4.90 Å². The molecule has 0 radical (unpaired) electrons. The van der Waals surface area contributed by atoms with Crippen LogP contribution in [0.3, 0.4) is 0 Å². The number of hydrogen-bond acceptors (Lipinski definition) is 5. The Balaban J connectivity index is 2.25. The molecule has 0 saturated carbocycles. The van der Waals surface area contributed by atoms with E-state index >= 15 is 0 Å². The molecule has 0 bridgehead atoms. The van der Waals surface area contributed by atoms with E-state index in [9.17, 15) is 14.4 Å². The highest BCUT2D eigenvalue weighted by molar-refractivity contribution is 6.13. The molecule has 1 heterocycles. The summed E-state index contributed by atoms with van der Waals surface area (Å²) in [5.74, 6) is -0.995. The molecule has 96 valence electrons. The van der Waals surface area contributed by atoms with E-state index in [1.54, 1.807) is 0 Å². The van der Waals surface area contributed by atoms with Gasteiger partial charge in [-0.15, -0.1) is 0 Å². The Morgan fingerprint density at radius 1 is 1.29 bits per heavy atom. The van der Waals surface area contributed by atoms with Crippen molar-refractivity contribution in [1.29, 1.82) is 0 Å². The Morgan fingerprint density at radius 2 is 1.88 bits per heavy atom. The van der Waals surface area contributed by atoms with Crippen molar-refractivity contribution in [2.45, 2.75) is 39.2 Å². The van der Waals surface area contributed by atoms with Crippen LogP contribution in [0.25, 0.3) is 0 Å². The predicted molar refractivity (Wildman–Crippen MR) is 58.1 cm³/mol. The summed E-state index contributed by atoms with van der Waals surface area (Å²) < 4.78 is 10.1. The molecule has 1 atom stereocenters. The first-order valence-electron chi connectivity index (χ1n) is 5.70. The van der Waals surface area contributed by atoms with Gasteiger partial charge in [0.25, 0.3) is 0 Å². The van der Waals surface area contributed by atoms with Crippen molar-refractivity contribution in [1.82, 2.24) is 4.90 Å². The van der Waals surface area contributed by atoms with Gasteiger partial charge in [0, 0.05) is 12.8 Å². The summed E-state index contributed by atoms with van der Waals surface area (Å²) in [7, 11) is 0. The number of nitrogens with zero attached hydrogens (tertiary/aromatic N) is 1. The minimum absolute atomic E-state index is 0.0419. The summed E-state index contributed by atoms with van der Waals surface area (Å²) >= 11 is 0. The van der Waals surface area contributed by atoms with E-state index in [2.05, 4.69) is 0 Å². The van der Waals surface area contributed by atoms with Gasteiger partial charge in [-0.05, 0) is 13.3 Å². The predicted octanol–water partition coefficient (Wildman–Crippen LogP) is 1.09. The third kappa shape index (κ3) is 3.81. The zero-order chi connectivity index (χ0) is 12.8. The maximum atomic E-state index is 11.4. The van der Waals surface area contributed by atoms with Crippen molar-refractivity contribution in [2.24, 2.45) is 0 Å². The first kappa shape index (κ1) is 13.6. The van der Waals surface area contributed by atoms with Gasteiger partial charge in [0.15, 0.2) is 0 Å². The fourth-order valence-electron chi connectivity index (χ4n) is 1.34. The summed E-state index contributed by atoms with van der Waals surface area (Å²) in [6, 6.07) is 0. The molecule has 1 unspecified atom stereocenters. The van der Waals surface area contributed by atoms with Crippen LogP contribution in [0.2, 0.25) is 0 Å². The Labute approximate surface area is 99.9 Å². The lowest BCUT2D eigenvalue weighted by atomic mass is 10.3. The van der Waals surface area contributed by atoms with Gasteiger partial charge in [0.2, 0.25) is 11.8 Å². The van der Waals surface area contributed by atoms with E-state index in [0.29, 0.717) is 4.90 Å². The van der Waals surface area contributed by atoms with Gasteiger partial charge < -0.3 is 9.47 Å². The van der Waals surface area contributed by atoms with Crippen LogP contribution in [0, 0.1) is 0 Å². The molecule has 0 aromatic rings. The maximum absolute atomic E-state index is 11.4. The lowest BCUT2D eigenvalue weighted by molar-refractivity contribution is -0.136. The van der Waals surface area contributed by atoms with Crippen LogP contribution in [0.4, 0.5) is 4.79 Å². The average molecular weight is 243 g/mol. The molecule has 3 amide bonds. The molecule has 0 spiro atoms. The second kappa shape index (κ2) is 6.34. The zero-order valence-corrected chi connectivity index (χ0v) is 10.1. The van der Waals surface area contributed by atoms with Crippen molar-refractivity contribution < 1.29 is 23.9 Å². The first-order chi connectivity index (χ1) is 8.06. The number of carbonyl (C=O) groups excluding carboxylic acids is 3. The van der Waals surface area contributed by atoms with Crippen LogP contribution in [-0.4, -0.2) is 42.1 Å². The largest absolute Gasteiger partial charge is 0.446 e. The Hall–Kier alpha value is -1.43. The lowest BCUT2D eigenvalue weighted by Gasteiger charge is -2.13. The molecule has 0 aromatic carbocycles. The molecule has 0 aromatic heterocycles. The number of likely N-dealkylation sites (tertiary alicyclic amines) is 1. The van der Waals surface area contributed by atoms with E-state index in [0.717, 1.165) is 6.42 Å². The van der Waals surface area contributed by atoms with Gasteiger partial charge in [-0.3, -0.25) is 9.59 Å². The van der Waals surface area contributed by atoms with Crippen molar-refractivity contribution >= 4 is 17.9 Å². The molecule has 1 aliphatic heterocycles. The van der Waals surface area contributed by atoms with Crippen molar-refractivity contribution in [3.05, 3.63) is 0 Å². The SMILES string of the molecule is CCC(C)OCCOC(=O)N1C(=O)CCC1=O. The second-order valence-corrected chi connectivity index (χ2v) is 3.83. The molecule has 1 fully saturated rings. The van der Waals surface area contributed by atoms with Crippen LogP contribution in [0.5, 0.6) is 0 Å². The number of amides is 3. The maximum Gasteiger partial charge on any atom is 0.423 e. The number of imide groups is 3. The Kier molecular flexibility index (Phi) is 5.09. The summed E-state index contributed by atoms with van der Waals surface area (Å²) in [5.41, 5.74) is 0. The van der Waals surface area contributed by atoms with Gasteiger partial charge >= 0.3 is 6.09 Å². The third-order valence-electron chi connectivity index (χ3n) is 2.52. The smallest absolute Gasteiger partial charge is 0.423 e. The van der Waals surface area contributed by atoms with Gasteiger partial charge in [-0.25, -0.2) is 4.79 Å². The molecular weight excluding hydrogens is 226 g/mol. The van der Waals surface area contributed by atoms with Crippen LogP contribution in [0.1, 0.15) is 33.1 Å². The van der Waals surface area contributed by atoms with E-state index in [4.69, 9.17) is 9.47 Å². The zero-order valence-electron chi connectivity index (χ0n) is 10.1. The van der Waals surface area contributed by atoms with E-state index in [-0.39, 0.29) is 32.2 Å². The second-order valence-electron chi connectivity index (χ2n) is 3.83. The standard InChI is InChI=1S/C11H17NO5/c1-3-8(2)16-6-7-17-11(15)12-9(13)4-5-10(12)14/h8H,3-7H2,1-2H3. The first-order valence-corrected chi connectivity index (χ1v) is 5.70. The Bertz CT molecular complexity index is 299. The number of ether oxygens (including phenoxy) is 2. The highest BCUT2D eigenvalue weighted by Crippen LogP contribution is 2.12. The third-order valence-corrected chi connectivity index (χ3v) is 2.52. The molecular formula is C11H17NO5. The van der Waals surface area contributed by atoms with Crippen molar-refractivity contribution in [3.63, 3.8) is 0 Å². The molecule has 1 aliphatic rings. The highest BCUT2D eigenvalue weighted by atomic mass is 16.6. The van der Waals surface area contributed by atoms with E-state index < -0.39 is 17.9 Å². The molecule has 17 heavy (non-hydrogen) atoms. The van der Waals surface area contributed by atoms with Crippen molar-refractivity contribution in [3.8, 4) is 0 Å². The van der Waals surface area contributed by atoms with Gasteiger partial charge in [-0.1, -0.05) is 6.92 Å². The van der Waals surface area contributed by atoms with Gasteiger partial charge in [0.1, 0.15) is 6.61 Å². The van der Waals surface area contributed by atoms with Crippen LogP contribution in [0.15, 0.2) is 0 Å². The normalized spacial score (nSPS) is 17.4. The quantitative estimate of drug-likeness (QED) is 0.533. The molecule has 1 rings (SSSR count). The van der Waals surface area contributed by atoms with Crippen molar-refractivity contribution in [2.75, 3.05) is 13.2 Å². The van der Waals surface area contributed by atoms with Crippen LogP contribution in [-0.2, 0) is 19.1 Å². The summed E-state index contributed by atoms with van der Waals surface area (Å²) in [6.45, 7) is 4.20. The Morgan fingerprint density at radius 3 is 2.41 bits per heavy atom. The minimum Gasteiger partial charge on any atom is -0.446 e. The summed E-state index contributed by atoms with van der Waals surface area (Å²) in [4.78, 5) is 34.3. The molecule has 1 saturated heterocycles. The minimum atomic E-state index is -0.898. The molecule has 0 N–H and O–H groups in total. The number of carbonyl (C=O) groups is 3. The van der Waals surface area contributed by atoms with E-state index in [1.165, 1.54) is 0 Å². The fourth-order valence-corrected chi connectivity index (χ4v) is 1.34. The number of hydrogen-bond donors (Lipinski definition) is 0. The van der Waals surface area contributed by atoms with E-state index in [1.807, 2.05) is 13.8 Å². The molecule has 6 nitrogen and oxygen atoms in total. The van der Waals surface area contributed by atoms with Crippen LogP contribution < -0.4 is 0 Å². The average Bonchev–Trinajstić information content (AvgIpc) is 2.64. The lowest BCUT2D eigenvalue weighted by Crippen LogP contribution is -2.36. The highest BCUT2D eigenvalue weighted by Gasteiger charge is 2.35. The number of rotatable bonds is 5. The van der Waals surface area contributed by atoms with Crippen LogP contribution >= 0.6 is 0 Å². The summed E-state index contributed by atoms with van der Waals surface area (Å²) in [6.07, 6.45) is 0.236. The monoisotopic (exact) mass is 243 g/mol. The molecule has 6 heteroatoms. The fraction of sp³-hybridized carbons (Fsp3) is 0.727. The topological polar surface area (TPSA) is 72.9 Å². The summed E-state index contributed by atoms with van der Waals surface area (Å²) in [5, 5.41) is 0. The molecule has 0 aliphatic carbocycles. The van der Waals surface area contributed by atoms with Gasteiger partial charge in [0.05, 0.1) is 12.7 Å².